The molecule has 6 N–H and O–H groups in total. The lowest BCUT2D eigenvalue weighted by Crippen LogP contribution is -2.48. The predicted molar refractivity (Wildman–Crippen MR) is 152 cm³/mol. The normalized spacial score (nSPS) is 12.2. The highest BCUT2D eigenvalue weighted by Crippen LogP contribution is 2.23. The van der Waals surface area contributed by atoms with Crippen molar-refractivity contribution in [2.24, 2.45) is 5.73 Å². The second-order valence-corrected chi connectivity index (χ2v) is 9.30. The maximum absolute atomic E-state index is 13.2. The van der Waals surface area contributed by atoms with Gasteiger partial charge in [0, 0.05) is 19.2 Å². The molecule has 2 amide bonds. The van der Waals surface area contributed by atoms with Crippen LogP contribution in [0.2, 0.25) is 0 Å². The monoisotopic (exact) mass is 531 g/mol. The van der Waals surface area contributed by atoms with Gasteiger partial charge in [0.15, 0.2) is 0 Å². The molecule has 0 spiro atoms. The molecule has 2 atom stereocenters. The van der Waals surface area contributed by atoms with Crippen LogP contribution in [-0.2, 0) is 14.4 Å². The minimum Gasteiger partial charge on any atom is -0.481 e. The zero-order valence-electron chi connectivity index (χ0n) is 22.0. The number of benzene rings is 2. The van der Waals surface area contributed by atoms with Crippen LogP contribution in [0.4, 0.5) is 5.82 Å². The first-order chi connectivity index (χ1) is 19.0. The van der Waals surface area contributed by atoms with Crippen LogP contribution in [0.3, 0.4) is 0 Å². The number of nitrogens with one attached hydrogen (secondary N) is 3. The molecule has 0 saturated carbocycles. The van der Waals surface area contributed by atoms with E-state index >= 15 is 0 Å². The fourth-order valence-electron chi connectivity index (χ4n) is 4.19. The van der Waals surface area contributed by atoms with Crippen LogP contribution in [0.5, 0.6) is 0 Å². The molecule has 1 aromatic heterocycles. The van der Waals surface area contributed by atoms with Gasteiger partial charge in [-0.15, -0.1) is 0 Å². The summed E-state index contributed by atoms with van der Waals surface area (Å²) in [7, 11) is 0. The number of carbonyl (C=O) groups excluding carboxylic acids is 2. The van der Waals surface area contributed by atoms with E-state index in [2.05, 4.69) is 20.9 Å². The minimum absolute atomic E-state index is 0.230. The molecule has 1 heterocycles. The zero-order chi connectivity index (χ0) is 27.9. The number of carboxylic acids is 1. The van der Waals surface area contributed by atoms with Crippen LogP contribution in [0, 0.1) is 0 Å². The van der Waals surface area contributed by atoms with Crippen LogP contribution in [0.25, 0.3) is 11.1 Å². The van der Waals surface area contributed by atoms with Crippen molar-refractivity contribution in [3.05, 3.63) is 84.6 Å². The third kappa shape index (κ3) is 10.2. The van der Waals surface area contributed by atoms with Gasteiger partial charge in [0.05, 0.1) is 12.5 Å². The first-order valence-corrected chi connectivity index (χ1v) is 13.3. The van der Waals surface area contributed by atoms with Crippen LogP contribution >= 0.6 is 0 Å². The molecule has 9 heteroatoms. The molecule has 0 bridgehead atoms. The van der Waals surface area contributed by atoms with Crippen LogP contribution in [0.1, 0.15) is 50.1 Å². The molecule has 9 nitrogen and oxygen atoms in total. The van der Waals surface area contributed by atoms with Gasteiger partial charge < -0.3 is 26.8 Å². The quantitative estimate of drug-likeness (QED) is 0.176. The number of hydrogen-bond acceptors (Lipinski definition) is 6. The molecule has 2 aromatic carbocycles. The van der Waals surface area contributed by atoms with E-state index in [1.54, 1.807) is 6.20 Å². The summed E-state index contributed by atoms with van der Waals surface area (Å²) >= 11 is 0. The van der Waals surface area contributed by atoms with E-state index in [0.717, 1.165) is 23.4 Å². The molecule has 39 heavy (non-hydrogen) atoms. The molecule has 0 saturated heterocycles. The number of rotatable bonds is 16. The number of carbonyl (C=O) groups is 3. The summed E-state index contributed by atoms with van der Waals surface area (Å²) in [6.07, 6.45) is 4.02. The van der Waals surface area contributed by atoms with Crippen molar-refractivity contribution in [1.82, 2.24) is 15.6 Å². The van der Waals surface area contributed by atoms with Crippen molar-refractivity contribution in [2.75, 3.05) is 18.4 Å². The molecule has 0 radical (unpaired) electrons. The largest absolute Gasteiger partial charge is 0.481 e. The van der Waals surface area contributed by atoms with E-state index in [1.807, 2.05) is 72.8 Å². The van der Waals surface area contributed by atoms with Crippen molar-refractivity contribution >= 4 is 23.6 Å². The number of anilines is 1. The second-order valence-electron chi connectivity index (χ2n) is 9.30. The van der Waals surface area contributed by atoms with Gasteiger partial charge in [0.1, 0.15) is 11.9 Å². The van der Waals surface area contributed by atoms with Crippen molar-refractivity contribution in [1.29, 1.82) is 0 Å². The van der Waals surface area contributed by atoms with Gasteiger partial charge in [-0.25, -0.2) is 4.98 Å². The number of amides is 2. The van der Waals surface area contributed by atoms with Crippen LogP contribution < -0.4 is 21.7 Å². The standard InChI is InChI=1S/C30H37N5O4/c31-18-8-11-25(34-28(36)13-5-7-20-33-27-12-4-6-19-32-27)30(39)35-26(21-29(37)38)24-16-14-23(15-17-24)22-9-2-1-3-10-22/h1-4,6,9-10,12,14-17,19,25-26H,5,7-8,11,13,18,20-21,31H2,(H,32,33)(H,34,36)(H,35,39)(H,37,38)/t25-,26?/m1/s1. The Morgan fingerprint density at radius 1 is 0.846 bits per heavy atom. The number of aromatic nitrogens is 1. The Bertz CT molecular complexity index is 1170. The number of carboxylic acid groups (broad SMARTS) is 1. The predicted octanol–water partition coefficient (Wildman–Crippen LogP) is 3.89. The van der Waals surface area contributed by atoms with Gasteiger partial charge in [0.25, 0.3) is 0 Å². The SMILES string of the molecule is NCCC[C@@H](NC(=O)CCCCNc1ccccn1)C(=O)NC(CC(=O)O)c1ccc(-c2ccccc2)cc1. The maximum Gasteiger partial charge on any atom is 0.305 e. The van der Waals surface area contributed by atoms with E-state index in [9.17, 15) is 19.5 Å². The topological polar surface area (TPSA) is 146 Å². The Morgan fingerprint density at radius 3 is 2.23 bits per heavy atom. The van der Waals surface area contributed by atoms with E-state index < -0.39 is 24.0 Å². The lowest BCUT2D eigenvalue weighted by atomic mass is 9.98. The summed E-state index contributed by atoms with van der Waals surface area (Å²) in [5, 5.41) is 18.3. The number of unbranched alkanes of at least 4 members (excludes halogenated alkanes) is 1. The number of nitrogens with zero attached hydrogens (tertiary/aromatic N) is 1. The summed E-state index contributed by atoms with van der Waals surface area (Å²) in [4.78, 5) is 41.6. The van der Waals surface area contributed by atoms with E-state index in [0.29, 0.717) is 37.9 Å². The van der Waals surface area contributed by atoms with Crippen molar-refractivity contribution in [2.45, 2.75) is 50.6 Å². The van der Waals surface area contributed by atoms with E-state index in [1.165, 1.54) is 0 Å². The number of pyridine rings is 1. The lowest BCUT2D eigenvalue weighted by molar-refractivity contribution is -0.138. The summed E-state index contributed by atoms with van der Waals surface area (Å²) in [5.74, 6) is -0.903. The summed E-state index contributed by atoms with van der Waals surface area (Å²) in [5.41, 5.74) is 8.36. The van der Waals surface area contributed by atoms with Crippen molar-refractivity contribution < 1.29 is 19.5 Å². The van der Waals surface area contributed by atoms with Gasteiger partial charge in [-0.05, 0) is 61.1 Å². The Balaban J connectivity index is 1.56. The Hall–Kier alpha value is -4.24. The van der Waals surface area contributed by atoms with Crippen molar-refractivity contribution in [3.63, 3.8) is 0 Å². The highest BCUT2D eigenvalue weighted by Gasteiger charge is 2.25. The zero-order valence-corrected chi connectivity index (χ0v) is 22.0. The summed E-state index contributed by atoms with van der Waals surface area (Å²) in [6.45, 7) is 1.06. The second kappa shape index (κ2) is 15.9. The number of hydrogen-bond donors (Lipinski definition) is 5. The molecule has 0 aliphatic heterocycles. The third-order valence-electron chi connectivity index (χ3n) is 6.27. The number of aliphatic carboxylic acids is 1. The highest BCUT2D eigenvalue weighted by atomic mass is 16.4. The Morgan fingerprint density at radius 2 is 1.56 bits per heavy atom. The molecule has 3 aromatic rings. The highest BCUT2D eigenvalue weighted by molar-refractivity contribution is 5.88. The summed E-state index contributed by atoms with van der Waals surface area (Å²) in [6, 6.07) is 21.4. The third-order valence-corrected chi connectivity index (χ3v) is 6.27. The molecule has 0 fully saturated rings. The van der Waals surface area contributed by atoms with E-state index in [4.69, 9.17) is 5.73 Å². The summed E-state index contributed by atoms with van der Waals surface area (Å²) < 4.78 is 0. The molecule has 0 aliphatic rings. The molecular weight excluding hydrogens is 494 g/mol. The molecule has 0 aliphatic carbocycles. The van der Waals surface area contributed by atoms with Crippen LogP contribution in [0.15, 0.2) is 79.0 Å². The van der Waals surface area contributed by atoms with Gasteiger partial charge in [0.2, 0.25) is 11.8 Å². The average Bonchev–Trinajstić information content (AvgIpc) is 2.95. The molecule has 3 rings (SSSR count). The molecule has 206 valence electrons. The average molecular weight is 532 g/mol. The first kappa shape index (κ1) is 29.3. The number of nitrogens with two attached hydrogens (primary N) is 1. The maximum atomic E-state index is 13.2. The smallest absolute Gasteiger partial charge is 0.305 e. The molecular formula is C30H37N5O4. The first-order valence-electron chi connectivity index (χ1n) is 13.3. The van der Waals surface area contributed by atoms with Crippen LogP contribution in [-0.4, -0.2) is 47.0 Å². The minimum atomic E-state index is -1.03. The van der Waals surface area contributed by atoms with Gasteiger partial charge in [-0.1, -0.05) is 60.7 Å². The Kier molecular flexibility index (Phi) is 11.9. The van der Waals surface area contributed by atoms with Gasteiger partial charge in [-0.2, -0.15) is 0 Å². The van der Waals surface area contributed by atoms with Gasteiger partial charge in [-0.3, -0.25) is 14.4 Å². The fraction of sp³-hybridized carbons (Fsp3) is 0.333. The van der Waals surface area contributed by atoms with Crippen molar-refractivity contribution in [3.8, 4) is 11.1 Å². The van der Waals surface area contributed by atoms with E-state index in [-0.39, 0.29) is 18.7 Å². The Labute approximate surface area is 229 Å². The fourth-order valence-corrected chi connectivity index (χ4v) is 4.19. The van der Waals surface area contributed by atoms with Gasteiger partial charge >= 0.3 is 5.97 Å². The molecule has 1 unspecified atom stereocenters. The lowest BCUT2D eigenvalue weighted by Gasteiger charge is -2.23.